The zero-order valence-corrected chi connectivity index (χ0v) is 12.9. The van der Waals surface area contributed by atoms with Gasteiger partial charge in [0.05, 0.1) is 0 Å². The lowest BCUT2D eigenvalue weighted by atomic mass is 10.1. The third kappa shape index (κ3) is 4.55. The summed E-state index contributed by atoms with van der Waals surface area (Å²) >= 11 is 1.78. The number of carbonyl (C=O) groups is 1. The molecule has 19 heavy (non-hydrogen) atoms. The molecule has 1 aromatic rings. The molecule has 0 saturated heterocycles. The van der Waals surface area contributed by atoms with Crippen LogP contribution in [-0.4, -0.2) is 42.4 Å². The molecule has 0 saturated carbocycles. The van der Waals surface area contributed by atoms with Crippen LogP contribution >= 0.6 is 11.8 Å². The maximum absolute atomic E-state index is 12.4. The van der Waals surface area contributed by atoms with Crippen LogP contribution in [0.4, 0.5) is 0 Å². The van der Waals surface area contributed by atoms with E-state index in [-0.39, 0.29) is 5.91 Å². The van der Waals surface area contributed by atoms with Gasteiger partial charge in [-0.05, 0) is 43.3 Å². The second-order valence-corrected chi connectivity index (χ2v) is 5.58. The lowest BCUT2D eigenvalue weighted by Gasteiger charge is -2.26. The van der Waals surface area contributed by atoms with Gasteiger partial charge < -0.3 is 10.6 Å². The number of hydrogen-bond acceptors (Lipinski definition) is 3. The third-order valence-corrected chi connectivity index (χ3v) is 4.05. The van der Waals surface area contributed by atoms with Crippen LogP contribution in [0, 0.1) is 0 Å². The van der Waals surface area contributed by atoms with Gasteiger partial charge in [-0.2, -0.15) is 11.8 Å². The smallest absolute Gasteiger partial charge is 0.253 e. The fourth-order valence-corrected chi connectivity index (χ4v) is 2.89. The number of hydrogen-bond donors (Lipinski definition) is 1. The van der Waals surface area contributed by atoms with Crippen molar-refractivity contribution in [3.05, 3.63) is 35.4 Å². The summed E-state index contributed by atoms with van der Waals surface area (Å²) in [4.78, 5) is 14.2. The molecule has 0 aromatic heterocycles. The average molecular weight is 280 g/mol. The topological polar surface area (TPSA) is 46.3 Å². The quantitative estimate of drug-likeness (QED) is 0.834. The molecular formula is C15H24N2OS. The van der Waals surface area contributed by atoms with E-state index in [1.54, 1.807) is 11.8 Å². The van der Waals surface area contributed by atoms with Crippen LogP contribution in [0.5, 0.6) is 0 Å². The lowest BCUT2D eigenvalue weighted by Crippen LogP contribution is -2.38. The van der Waals surface area contributed by atoms with Gasteiger partial charge in [-0.15, -0.1) is 0 Å². The number of nitrogens with two attached hydrogens (primary N) is 1. The van der Waals surface area contributed by atoms with Crippen LogP contribution < -0.4 is 5.73 Å². The minimum Gasteiger partial charge on any atom is -0.338 e. The Hall–Kier alpha value is -1.00. The Labute approximate surface area is 120 Å². The van der Waals surface area contributed by atoms with E-state index >= 15 is 0 Å². The van der Waals surface area contributed by atoms with Crippen LogP contribution in [0.2, 0.25) is 0 Å². The van der Waals surface area contributed by atoms with E-state index in [9.17, 15) is 4.79 Å². The van der Waals surface area contributed by atoms with Gasteiger partial charge >= 0.3 is 0 Å². The number of nitrogens with zero attached hydrogens (tertiary/aromatic N) is 1. The molecule has 1 atom stereocenters. The highest BCUT2D eigenvalue weighted by molar-refractivity contribution is 7.98. The van der Waals surface area contributed by atoms with E-state index in [4.69, 9.17) is 5.73 Å². The molecule has 0 bridgehead atoms. The van der Waals surface area contributed by atoms with Crippen molar-refractivity contribution in [2.75, 3.05) is 25.6 Å². The van der Waals surface area contributed by atoms with E-state index in [2.05, 4.69) is 13.2 Å². The summed E-state index contributed by atoms with van der Waals surface area (Å²) in [5.74, 6) is 1.07. The zero-order valence-electron chi connectivity index (χ0n) is 12.1. The highest BCUT2D eigenvalue weighted by Gasteiger charge is 2.19. The van der Waals surface area contributed by atoms with E-state index in [1.807, 2.05) is 36.2 Å². The molecule has 1 rings (SSSR count). The summed E-state index contributed by atoms with van der Waals surface area (Å²) in [6, 6.07) is 8.07. The van der Waals surface area contributed by atoms with Gasteiger partial charge in [-0.25, -0.2) is 0 Å². The first-order chi connectivity index (χ1) is 9.13. The van der Waals surface area contributed by atoms with Crippen LogP contribution in [0.25, 0.3) is 0 Å². The summed E-state index contributed by atoms with van der Waals surface area (Å²) in [7, 11) is 1.89. The number of benzene rings is 1. The van der Waals surface area contributed by atoms with Gasteiger partial charge in [0, 0.05) is 24.4 Å². The van der Waals surface area contributed by atoms with Crippen molar-refractivity contribution < 1.29 is 4.79 Å². The molecule has 1 amide bonds. The monoisotopic (exact) mass is 280 g/mol. The van der Waals surface area contributed by atoms with Gasteiger partial charge in [0.1, 0.15) is 0 Å². The highest BCUT2D eigenvalue weighted by atomic mass is 32.2. The first-order valence-electron chi connectivity index (χ1n) is 6.69. The predicted molar refractivity (Wildman–Crippen MR) is 83.8 cm³/mol. The summed E-state index contributed by atoms with van der Waals surface area (Å²) < 4.78 is 0. The molecule has 4 heteroatoms. The SMILES string of the molecule is CCC(CSC)N(C)C(=O)c1ccc(CCN)cc1. The predicted octanol–water partition coefficient (Wildman–Crippen LogP) is 2.40. The van der Waals surface area contributed by atoms with Gasteiger partial charge in [-0.1, -0.05) is 19.1 Å². The standard InChI is InChI=1S/C15H24N2OS/c1-4-14(11-19-3)17(2)15(18)13-7-5-12(6-8-13)9-10-16/h5-8,14H,4,9-11,16H2,1-3H3. The minimum absolute atomic E-state index is 0.0974. The summed E-state index contributed by atoms with van der Waals surface area (Å²) in [5.41, 5.74) is 7.45. The molecule has 0 aliphatic rings. The highest BCUT2D eigenvalue weighted by Crippen LogP contribution is 2.13. The van der Waals surface area contributed by atoms with E-state index < -0.39 is 0 Å². The van der Waals surface area contributed by atoms with Crippen molar-refractivity contribution >= 4 is 17.7 Å². The van der Waals surface area contributed by atoms with Crippen molar-refractivity contribution in [1.82, 2.24) is 4.90 Å². The summed E-state index contributed by atoms with van der Waals surface area (Å²) in [6.07, 6.45) is 3.91. The van der Waals surface area contributed by atoms with Crippen molar-refractivity contribution in [2.24, 2.45) is 5.73 Å². The van der Waals surface area contributed by atoms with Crippen LogP contribution in [-0.2, 0) is 6.42 Å². The van der Waals surface area contributed by atoms with Gasteiger partial charge in [0.2, 0.25) is 0 Å². The second-order valence-electron chi connectivity index (χ2n) is 4.67. The first-order valence-corrected chi connectivity index (χ1v) is 8.08. The van der Waals surface area contributed by atoms with Crippen molar-refractivity contribution in [1.29, 1.82) is 0 Å². The third-order valence-electron chi connectivity index (χ3n) is 3.33. The molecule has 2 N–H and O–H groups in total. The Morgan fingerprint density at radius 2 is 2.00 bits per heavy atom. The van der Waals surface area contributed by atoms with Crippen molar-refractivity contribution in [3.63, 3.8) is 0 Å². The first kappa shape index (κ1) is 16.1. The Morgan fingerprint density at radius 1 is 1.37 bits per heavy atom. The maximum Gasteiger partial charge on any atom is 0.253 e. The molecule has 0 heterocycles. The fraction of sp³-hybridized carbons (Fsp3) is 0.533. The molecule has 0 aliphatic carbocycles. The zero-order chi connectivity index (χ0) is 14.3. The van der Waals surface area contributed by atoms with Crippen LogP contribution in [0.15, 0.2) is 24.3 Å². The Bertz CT molecular complexity index is 392. The normalized spacial score (nSPS) is 12.2. The molecule has 0 radical (unpaired) electrons. The molecule has 106 valence electrons. The van der Waals surface area contributed by atoms with E-state index in [0.29, 0.717) is 12.6 Å². The van der Waals surface area contributed by atoms with Crippen molar-refractivity contribution in [2.45, 2.75) is 25.8 Å². The minimum atomic E-state index is 0.0974. The molecular weight excluding hydrogens is 256 g/mol. The largest absolute Gasteiger partial charge is 0.338 e. The Morgan fingerprint density at radius 3 is 2.47 bits per heavy atom. The molecule has 1 aromatic carbocycles. The summed E-state index contributed by atoms with van der Waals surface area (Å²) in [5, 5.41) is 0. The molecule has 0 spiro atoms. The molecule has 0 fully saturated rings. The van der Waals surface area contributed by atoms with Crippen molar-refractivity contribution in [3.8, 4) is 0 Å². The molecule has 3 nitrogen and oxygen atoms in total. The van der Waals surface area contributed by atoms with Gasteiger partial charge in [0.15, 0.2) is 0 Å². The van der Waals surface area contributed by atoms with Gasteiger partial charge in [0.25, 0.3) is 5.91 Å². The Kier molecular flexibility index (Phi) is 6.95. The average Bonchev–Trinajstić information content (AvgIpc) is 2.44. The van der Waals surface area contributed by atoms with E-state index in [0.717, 1.165) is 24.2 Å². The van der Waals surface area contributed by atoms with Crippen LogP contribution in [0.1, 0.15) is 29.3 Å². The fourth-order valence-electron chi connectivity index (χ4n) is 2.05. The number of carbonyl (C=O) groups excluding carboxylic acids is 1. The van der Waals surface area contributed by atoms with Crippen LogP contribution in [0.3, 0.4) is 0 Å². The van der Waals surface area contributed by atoms with Gasteiger partial charge in [-0.3, -0.25) is 4.79 Å². The number of amides is 1. The summed E-state index contributed by atoms with van der Waals surface area (Å²) in [6.45, 7) is 2.76. The maximum atomic E-state index is 12.4. The molecule has 0 aliphatic heterocycles. The number of rotatable bonds is 7. The van der Waals surface area contributed by atoms with E-state index in [1.165, 1.54) is 5.56 Å². The second kappa shape index (κ2) is 8.23. The molecule has 1 unspecified atom stereocenters. The Balaban J connectivity index is 2.75. The number of thioether (sulfide) groups is 1. The lowest BCUT2D eigenvalue weighted by molar-refractivity contribution is 0.0743.